The third-order valence-electron chi connectivity index (χ3n) is 9.37. The van der Waals surface area contributed by atoms with Gasteiger partial charge in [-0.05, 0) is 66.2 Å². The van der Waals surface area contributed by atoms with Crippen LogP contribution in [-0.4, -0.2) is 33.3 Å². The summed E-state index contributed by atoms with van der Waals surface area (Å²) in [7, 11) is 0. The Kier molecular flexibility index (Phi) is 5.74. The zero-order valence-electron chi connectivity index (χ0n) is 22.1. The summed E-state index contributed by atoms with van der Waals surface area (Å²) in [6.07, 6.45) is -2.28. The van der Waals surface area contributed by atoms with Gasteiger partial charge in [-0.3, -0.25) is 9.59 Å². The summed E-state index contributed by atoms with van der Waals surface area (Å²) in [6.45, 7) is 7.57. The lowest BCUT2D eigenvalue weighted by Crippen LogP contribution is -2.77. The van der Waals surface area contributed by atoms with E-state index < -0.39 is 58.8 Å². The first-order chi connectivity index (χ1) is 17.3. The number of aryl methyl sites for hydroxylation is 1. The topological polar surface area (TPSA) is 57.6 Å². The molecule has 1 aromatic rings. The molecule has 1 N–H and O–H groups in total. The number of benzene rings is 1. The highest BCUT2D eigenvalue weighted by Gasteiger charge is 2.75. The maximum absolute atomic E-state index is 14.2. The molecule has 1 atom stereocenters. The largest absolute Gasteiger partial charge is 0.481 e. The molecule has 9 heteroatoms. The fraction of sp³-hybridized carbons (Fsp3) is 0.655. The smallest absolute Gasteiger partial charge is 0.416 e. The van der Waals surface area contributed by atoms with Crippen molar-refractivity contribution in [3.63, 3.8) is 0 Å². The highest BCUT2D eigenvalue weighted by molar-refractivity contribution is 5.86. The first-order valence-electron chi connectivity index (χ1n) is 13.2. The maximum atomic E-state index is 14.2. The number of nitrogens with zero attached hydrogens (tertiary/aromatic N) is 1. The fourth-order valence-corrected chi connectivity index (χ4v) is 7.08. The van der Waals surface area contributed by atoms with Gasteiger partial charge >= 0.3 is 12.1 Å². The molecule has 38 heavy (non-hydrogen) atoms. The summed E-state index contributed by atoms with van der Waals surface area (Å²) in [5.74, 6) is -4.63. The molecule has 4 aliphatic carbocycles. The van der Waals surface area contributed by atoms with Gasteiger partial charge in [-0.1, -0.05) is 39.8 Å². The van der Waals surface area contributed by atoms with E-state index in [1.54, 1.807) is 19.2 Å². The van der Waals surface area contributed by atoms with Gasteiger partial charge in [-0.2, -0.15) is 13.2 Å². The number of allylic oxidation sites excluding steroid dienone is 1. The van der Waals surface area contributed by atoms with Crippen LogP contribution in [0.4, 0.5) is 22.0 Å². The standard InChI is InChI=1S/C29H34F5NO3/c1-24(2,3)8-7-17-5-6-19(9-20(17)29(32,33)34)25(4)12-22(36)35(13-21(25)18-10-28(30,31)11-18)27-14-26(15-27,16-27)23(37)38/h5-6,9,13,18H,7-8,10-12,14-16H2,1-4H3,(H,37,38)/t25-,26?,27?/m0/s1. The molecule has 0 spiro atoms. The van der Waals surface area contributed by atoms with Crippen LogP contribution in [0.15, 0.2) is 30.0 Å². The van der Waals surface area contributed by atoms with Crippen molar-refractivity contribution in [3.8, 4) is 0 Å². The summed E-state index contributed by atoms with van der Waals surface area (Å²) in [6, 6.07) is 4.18. The monoisotopic (exact) mass is 539 g/mol. The van der Waals surface area contributed by atoms with Crippen LogP contribution >= 0.6 is 0 Å². The van der Waals surface area contributed by atoms with Crippen LogP contribution in [0.3, 0.4) is 0 Å². The van der Waals surface area contributed by atoms with Crippen LogP contribution in [0.25, 0.3) is 0 Å². The lowest BCUT2D eigenvalue weighted by Gasteiger charge is -2.71. The number of hydrogen-bond acceptors (Lipinski definition) is 2. The van der Waals surface area contributed by atoms with Crippen molar-refractivity contribution in [2.45, 2.75) is 102 Å². The number of carboxylic acids is 1. The van der Waals surface area contributed by atoms with Crippen LogP contribution in [0.1, 0.15) is 89.3 Å². The van der Waals surface area contributed by atoms with Crippen molar-refractivity contribution >= 4 is 11.9 Å². The Hall–Kier alpha value is -2.45. The third-order valence-corrected chi connectivity index (χ3v) is 9.37. The zero-order valence-corrected chi connectivity index (χ0v) is 22.1. The second-order valence-corrected chi connectivity index (χ2v) is 13.6. The van der Waals surface area contributed by atoms with Crippen LogP contribution in [0.2, 0.25) is 0 Å². The van der Waals surface area contributed by atoms with Crippen molar-refractivity contribution in [1.29, 1.82) is 0 Å². The van der Waals surface area contributed by atoms with Crippen molar-refractivity contribution < 1.29 is 36.6 Å². The highest BCUT2D eigenvalue weighted by atomic mass is 19.4. The summed E-state index contributed by atoms with van der Waals surface area (Å²) < 4.78 is 70.5. The molecule has 5 aliphatic rings. The van der Waals surface area contributed by atoms with Gasteiger partial charge in [-0.25, -0.2) is 8.78 Å². The average Bonchev–Trinajstić information content (AvgIpc) is 2.68. The van der Waals surface area contributed by atoms with Crippen molar-refractivity contribution in [2.75, 3.05) is 0 Å². The fourth-order valence-electron chi connectivity index (χ4n) is 7.08. The van der Waals surface area contributed by atoms with E-state index in [2.05, 4.69) is 0 Å². The SMILES string of the molecule is CC(C)(C)CCc1ccc([C@]2(C)CC(=O)N(C34CC(C(=O)O)(C3)C4)C=C2C2CC(F)(F)C2)cc1C(F)(F)F. The summed E-state index contributed by atoms with van der Waals surface area (Å²) >= 11 is 0. The van der Waals surface area contributed by atoms with Gasteiger partial charge in [0.1, 0.15) is 0 Å². The minimum absolute atomic E-state index is 0.151. The van der Waals surface area contributed by atoms with Crippen molar-refractivity contribution in [2.24, 2.45) is 16.7 Å². The number of hydrogen-bond donors (Lipinski definition) is 1. The number of carbonyl (C=O) groups is 2. The Labute approximate surface area is 219 Å². The van der Waals surface area contributed by atoms with E-state index in [1.807, 2.05) is 20.8 Å². The minimum atomic E-state index is -4.60. The molecule has 208 valence electrons. The van der Waals surface area contributed by atoms with Gasteiger partial charge in [0, 0.05) is 30.9 Å². The molecular formula is C29H34F5NO3. The van der Waals surface area contributed by atoms with E-state index in [9.17, 15) is 36.6 Å². The molecule has 1 aromatic carbocycles. The number of carbonyl (C=O) groups excluding carboxylic acids is 1. The van der Waals surface area contributed by atoms with E-state index in [1.165, 1.54) is 11.0 Å². The Bertz CT molecular complexity index is 1200. The molecule has 1 heterocycles. The van der Waals surface area contributed by atoms with Crippen LogP contribution < -0.4 is 0 Å². The molecule has 0 unspecified atom stereocenters. The molecule has 4 saturated carbocycles. The Balaban J connectivity index is 1.53. The van der Waals surface area contributed by atoms with Gasteiger partial charge in [0.05, 0.1) is 16.5 Å². The summed E-state index contributed by atoms with van der Waals surface area (Å²) in [5, 5.41) is 9.49. The lowest BCUT2D eigenvalue weighted by atomic mass is 9.38. The maximum Gasteiger partial charge on any atom is 0.416 e. The first kappa shape index (κ1) is 27.1. The van der Waals surface area contributed by atoms with E-state index in [0.29, 0.717) is 36.8 Å². The van der Waals surface area contributed by atoms with Crippen molar-refractivity contribution in [3.05, 3.63) is 46.7 Å². The number of rotatable bonds is 6. The van der Waals surface area contributed by atoms with Crippen LogP contribution in [0, 0.1) is 16.7 Å². The molecule has 6 rings (SSSR count). The van der Waals surface area contributed by atoms with Gasteiger partial charge in [-0.15, -0.1) is 0 Å². The molecular weight excluding hydrogens is 505 g/mol. The normalized spacial score (nSPS) is 32.7. The number of carboxylic acid groups (broad SMARTS) is 1. The lowest BCUT2D eigenvalue weighted by molar-refractivity contribution is -0.224. The van der Waals surface area contributed by atoms with E-state index in [-0.39, 0.29) is 29.7 Å². The van der Waals surface area contributed by atoms with E-state index in [0.717, 1.165) is 6.07 Å². The predicted octanol–water partition coefficient (Wildman–Crippen LogP) is 7.11. The number of alkyl halides is 5. The number of amides is 1. The number of halogens is 5. The molecule has 0 saturated heterocycles. The van der Waals surface area contributed by atoms with Crippen LogP contribution in [-0.2, 0) is 27.6 Å². The highest BCUT2D eigenvalue weighted by Crippen LogP contribution is 2.71. The van der Waals surface area contributed by atoms with E-state index >= 15 is 0 Å². The third kappa shape index (κ3) is 4.24. The first-order valence-corrected chi connectivity index (χ1v) is 13.2. The van der Waals surface area contributed by atoms with Crippen LogP contribution in [0.5, 0.6) is 0 Å². The van der Waals surface area contributed by atoms with E-state index in [4.69, 9.17) is 0 Å². The van der Waals surface area contributed by atoms with Gasteiger partial charge in [0.25, 0.3) is 0 Å². The predicted molar refractivity (Wildman–Crippen MR) is 130 cm³/mol. The quantitative estimate of drug-likeness (QED) is 0.392. The van der Waals surface area contributed by atoms with Gasteiger partial charge in [0.15, 0.2) is 0 Å². The molecule has 0 radical (unpaired) electrons. The van der Waals surface area contributed by atoms with Gasteiger partial charge in [0.2, 0.25) is 11.8 Å². The molecule has 1 amide bonds. The second-order valence-electron chi connectivity index (χ2n) is 13.6. The summed E-state index contributed by atoms with van der Waals surface area (Å²) in [4.78, 5) is 26.6. The summed E-state index contributed by atoms with van der Waals surface area (Å²) in [5.41, 5.74) is -2.55. The number of aliphatic carboxylic acids is 1. The molecule has 4 fully saturated rings. The second kappa shape index (κ2) is 8.04. The Morgan fingerprint density at radius 2 is 1.71 bits per heavy atom. The molecule has 0 aromatic heterocycles. The van der Waals surface area contributed by atoms with Gasteiger partial charge < -0.3 is 10.0 Å². The molecule has 4 nitrogen and oxygen atoms in total. The Morgan fingerprint density at radius 1 is 1.11 bits per heavy atom. The average molecular weight is 540 g/mol. The van der Waals surface area contributed by atoms with Crippen molar-refractivity contribution in [1.82, 2.24) is 4.90 Å². The zero-order chi connectivity index (χ0) is 28.1. The Morgan fingerprint density at radius 3 is 2.21 bits per heavy atom. The minimum Gasteiger partial charge on any atom is -0.481 e. The molecule has 2 bridgehead atoms. The molecule has 1 aliphatic heterocycles.